The monoisotopic (exact) mass is 303 g/mol. The maximum Gasteiger partial charge on any atom is 0.275 e. The molecule has 2 rings (SSSR count). The number of amides is 1. The number of hydrogen-bond donors (Lipinski definition) is 2. The van der Waals surface area contributed by atoms with Gasteiger partial charge in [0, 0.05) is 17.1 Å². The standard InChI is InChI=1S/C16H21N3OS/c1-2-3-11-19(13-7-5-4-6-8-13)12-14-9-10-15(21-14)16(20)18-17/h4-10H,2-3,11-12,17H2,1H3,(H,18,20). The molecule has 3 N–H and O–H groups in total. The van der Waals surface area contributed by atoms with E-state index in [2.05, 4.69) is 41.5 Å². The normalized spacial score (nSPS) is 10.4. The van der Waals surface area contributed by atoms with Gasteiger partial charge in [-0.05, 0) is 30.7 Å². The topological polar surface area (TPSA) is 58.4 Å². The van der Waals surface area contributed by atoms with Crippen molar-refractivity contribution in [1.29, 1.82) is 0 Å². The van der Waals surface area contributed by atoms with Crippen molar-refractivity contribution in [3.8, 4) is 0 Å². The molecule has 0 aliphatic heterocycles. The molecule has 0 saturated carbocycles. The highest BCUT2D eigenvalue weighted by Gasteiger charge is 2.11. The van der Waals surface area contributed by atoms with Gasteiger partial charge >= 0.3 is 0 Å². The molecule has 0 fully saturated rings. The summed E-state index contributed by atoms with van der Waals surface area (Å²) in [7, 11) is 0. The summed E-state index contributed by atoms with van der Waals surface area (Å²) in [5.74, 6) is 4.94. The summed E-state index contributed by atoms with van der Waals surface area (Å²) in [6.07, 6.45) is 2.31. The molecule has 0 saturated heterocycles. The number of thiophene rings is 1. The summed E-state index contributed by atoms with van der Waals surface area (Å²) >= 11 is 1.49. The smallest absolute Gasteiger partial charge is 0.275 e. The average Bonchev–Trinajstić information content (AvgIpc) is 3.00. The molecule has 0 spiro atoms. The van der Waals surface area contributed by atoms with Crippen LogP contribution in [0.15, 0.2) is 42.5 Å². The third-order valence-electron chi connectivity index (χ3n) is 3.27. The Morgan fingerprint density at radius 3 is 2.67 bits per heavy atom. The van der Waals surface area contributed by atoms with E-state index < -0.39 is 0 Å². The van der Waals surface area contributed by atoms with E-state index in [9.17, 15) is 4.79 Å². The molecule has 0 atom stereocenters. The van der Waals surface area contributed by atoms with Crippen molar-refractivity contribution in [3.05, 3.63) is 52.2 Å². The SMILES string of the molecule is CCCCN(Cc1ccc(C(=O)NN)s1)c1ccccc1. The summed E-state index contributed by atoms with van der Waals surface area (Å²) < 4.78 is 0. The van der Waals surface area contributed by atoms with Crippen molar-refractivity contribution in [2.24, 2.45) is 5.84 Å². The molecule has 1 amide bonds. The number of anilines is 1. The van der Waals surface area contributed by atoms with Gasteiger partial charge in [-0.1, -0.05) is 31.5 Å². The van der Waals surface area contributed by atoms with Gasteiger partial charge in [-0.15, -0.1) is 11.3 Å². The van der Waals surface area contributed by atoms with Crippen LogP contribution in [-0.4, -0.2) is 12.5 Å². The van der Waals surface area contributed by atoms with Gasteiger partial charge in [-0.25, -0.2) is 5.84 Å². The van der Waals surface area contributed by atoms with Crippen LogP contribution in [0.4, 0.5) is 5.69 Å². The van der Waals surface area contributed by atoms with Crippen LogP contribution in [0.5, 0.6) is 0 Å². The van der Waals surface area contributed by atoms with Crippen LogP contribution in [-0.2, 0) is 6.54 Å². The lowest BCUT2D eigenvalue weighted by atomic mass is 10.2. The second-order valence-electron chi connectivity index (χ2n) is 4.85. The predicted molar refractivity (Wildman–Crippen MR) is 88.4 cm³/mol. The highest BCUT2D eigenvalue weighted by atomic mass is 32.1. The lowest BCUT2D eigenvalue weighted by Crippen LogP contribution is -2.29. The van der Waals surface area contributed by atoms with Crippen LogP contribution in [0.2, 0.25) is 0 Å². The number of hydrogen-bond acceptors (Lipinski definition) is 4. The average molecular weight is 303 g/mol. The van der Waals surface area contributed by atoms with Crippen molar-refractivity contribution in [2.45, 2.75) is 26.3 Å². The van der Waals surface area contributed by atoms with E-state index in [1.807, 2.05) is 18.2 Å². The highest BCUT2D eigenvalue weighted by Crippen LogP contribution is 2.22. The predicted octanol–water partition coefficient (Wildman–Crippen LogP) is 3.16. The number of nitrogen functional groups attached to an aromatic ring is 1. The summed E-state index contributed by atoms with van der Waals surface area (Å²) in [5, 5.41) is 0. The van der Waals surface area contributed by atoms with E-state index >= 15 is 0 Å². The molecule has 21 heavy (non-hydrogen) atoms. The number of nitrogens with zero attached hydrogens (tertiary/aromatic N) is 1. The molecule has 0 bridgehead atoms. The Labute approximate surface area is 129 Å². The fourth-order valence-corrected chi connectivity index (χ4v) is 3.06. The minimum absolute atomic E-state index is 0.230. The van der Waals surface area contributed by atoms with Crippen LogP contribution < -0.4 is 16.2 Å². The Balaban J connectivity index is 2.11. The largest absolute Gasteiger partial charge is 0.366 e. The first-order valence-electron chi connectivity index (χ1n) is 7.14. The van der Waals surface area contributed by atoms with Crippen molar-refractivity contribution in [3.63, 3.8) is 0 Å². The quantitative estimate of drug-likeness (QED) is 0.469. The number of carbonyl (C=O) groups is 1. The first-order chi connectivity index (χ1) is 10.2. The molecule has 0 aliphatic rings. The van der Waals surface area contributed by atoms with Crippen LogP contribution in [0.25, 0.3) is 0 Å². The summed E-state index contributed by atoms with van der Waals surface area (Å²) in [5.41, 5.74) is 3.38. The molecule has 0 radical (unpaired) electrons. The molecule has 1 aromatic carbocycles. The Morgan fingerprint density at radius 2 is 2.00 bits per heavy atom. The third kappa shape index (κ3) is 4.31. The van der Waals surface area contributed by atoms with Gasteiger partial charge in [-0.3, -0.25) is 10.2 Å². The molecule has 0 aliphatic carbocycles. The Morgan fingerprint density at radius 1 is 1.24 bits per heavy atom. The minimum Gasteiger partial charge on any atom is -0.366 e. The van der Waals surface area contributed by atoms with E-state index in [1.165, 1.54) is 17.0 Å². The molecule has 112 valence electrons. The maximum absolute atomic E-state index is 11.5. The van der Waals surface area contributed by atoms with E-state index in [0.717, 1.165) is 30.8 Å². The van der Waals surface area contributed by atoms with Gasteiger partial charge < -0.3 is 4.90 Å². The second-order valence-corrected chi connectivity index (χ2v) is 6.02. The number of nitrogens with one attached hydrogen (secondary N) is 1. The van der Waals surface area contributed by atoms with Gasteiger partial charge in [0.15, 0.2) is 0 Å². The molecule has 5 heteroatoms. The lowest BCUT2D eigenvalue weighted by molar-refractivity contribution is 0.0957. The van der Waals surface area contributed by atoms with Crippen LogP contribution in [0, 0.1) is 0 Å². The van der Waals surface area contributed by atoms with Crippen molar-refractivity contribution < 1.29 is 4.79 Å². The number of para-hydroxylation sites is 1. The number of carbonyl (C=O) groups excluding carboxylic acids is 1. The van der Waals surface area contributed by atoms with Crippen LogP contribution >= 0.6 is 11.3 Å². The molecular formula is C16H21N3OS. The van der Waals surface area contributed by atoms with E-state index in [1.54, 1.807) is 0 Å². The molecule has 0 unspecified atom stereocenters. The van der Waals surface area contributed by atoms with Gasteiger partial charge in [0.05, 0.1) is 11.4 Å². The van der Waals surface area contributed by atoms with E-state index in [0.29, 0.717) is 4.88 Å². The zero-order valence-electron chi connectivity index (χ0n) is 12.2. The minimum atomic E-state index is -0.230. The van der Waals surface area contributed by atoms with Crippen LogP contribution in [0.3, 0.4) is 0 Å². The Hall–Kier alpha value is -1.85. The molecular weight excluding hydrogens is 282 g/mol. The zero-order chi connectivity index (χ0) is 15.1. The number of rotatable bonds is 7. The second kappa shape index (κ2) is 7.81. The Kier molecular flexibility index (Phi) is 5.78. The number of unbranched alkanes of at least 4 members (excludes halogenated alkanes) is 1. The maximum atomic E-state index is 11.5. The molecule has 4 nitrogen and oxygen atoms in total. The molecule has 1 heterocycles. The third-order valence-corrected chi connectivity index (χ3v) is 4.33. The zero-order valence-corrected chi connectivity index (χ0v) is 13.0. The fourth-order valence-electron chi connectivity index (χ4n) is 2.13. The summed E-state index contributed by atoms with van der Waals surface area (Å²) in [6.45, 7) is 4.02. The van der Waals surface area contributed by atoms with Gasteiger partial charge in [0.2, 0.25) is 0 Å². The first kappa shape index (κ1) is 15.5. The summed E-state index contributed by atoms with van der Waals surface area (Å²) in [4.78, 5) is 15.7. The van der Waals surface area contributed by atoms with Gasteiger partial charge in [0.25, 0.3) is 5.91 Å². The number of benzene rings is 1. The van der Waals surface area contributed by atoms with E-state index in [4.69, 9.17) is 5.84 Å². The van der Waals surface area contributed by atoms with Crippen LogP contribution in [0.1, 0.15) is 34.3 Å². The number of hydrazine groups is 1. The van der Waals surface area contributed by atoms with Crippen molar-refractivity contribution in [2.75, 3.05) is 11.4 Å². The Bertz CT molecular complexity index is 568. The van der Waals surface area contributed by atoms with E-state index in [-0.39, 0.29) is 5.91 Å². The summed E-state index contributed by atoms with van der Waals surface area (Å²) in [6, 6.07) is 14.2. The van der Waals surface area contributed by atoms with Gasteiger partial charge in [-0.2, -0.15) is 0 Å². The lowest BCUT2D eigenvalue weighted by Gasteiger charge is -2.24. The number of nitrogens with two attached hydrogens (primary N) is 1. The molecule has 2 aromatic rings. The molecule has 1 aromatic heterocycles. The highest BCUT2D eigenvalue weighted by molar-refractivity contribution is 7.14. The first-order valence-corrected chi connectivity index (χ1v) is 7.96. The van der Waals surface area contributed by atoms with Gasteiger partial charge in [0.1, 0.15) is 0 Å². The van der Waals surface area contributed by atoms with Crippen molar-refractivity contribution in [1.82, 2.24) is 5.43 Å². The fraction of sp³-hybridized carbons (Fsp3) is 0.312. The van der Waals surface area contributed by atoms with Crippen molar-refractivity contribution >= 4 is 22.9 Å².